The topological polar surface area (TPSA) is 151 Å². The van der Waals surface area contributed by atoms with Crippen LogP contribution >= 0.6 is 11.6 Å². The van der Waals surface area contributed by atoms with Crippen LogP contribution in [0.1, 0.15) is 51.9 Å². The van der Waals surface area contributed by atoms with E-state index in [0.29, 0.717) is 11.8 Å². The molecule has 1 aromatic carbocycles. The highest BCUT2D eigenvalue weighted by molar-refractivity contribution is 7.91. The number of sulfone groups is 1. The lowest BCUT2D eigenvalue weighted by Gasteiger charge is -2.45. The molecule has 2 aromatic rings. The predicted octanol–water partition coefficient (Wildman–Crippen LogP) is 5.28. The molecule has 2 heterocycles. The maximum Gasteiger partial charge on any atom is 0.404 e. The van der Waals surface area contributed by atoms with Crippen molar-refractivity contribution >= 4 is 33.4 Å². The summed E-state index contributed by atoms with van der Waals surface area (Å²) in [5.74, 6) is 4.92. The molecule has 276 valence electrons. The highest BCUT2D eigenvalue weighted by atomic mass is 35.5. The summed E-state index contributed by atoms with van der Waals surface area (Å²) in [6.45, 7) is 17.3. The molecule has 0 radical (unpaired) electrons. The molecule has 2 aliphatic rings. The summed E-state index contributed by atoms with van der Waals surface area (Å²) in [6, 6.07) is 7.32. The zero-order valence-corrected chi connectivity index (χ0v) is 30.6. The van der Waals surface area contributed by atoms with E-state index in [9.17, 15) is 22.9 Å². The van der Waals surface area contributed by atoms with Crippen molar-refractivity contribution in [1.29, 1.82) is 0 Å². The van der Waals surface area contributed by atoms with E-state index in [1.54, 1.807) is 6.07 Å². The summed E-state index contributed by atoms with van der Waals surface area (Å²) >= 11 is 6.18. The number of aromatic nitrogens is 2. The van der Waals surface area contributed by atoms with Crippen LogP contribution in [0.25, 0.3) is 0 Å². The molecule has 12 nitrogen and oxygen atoms in total. The number of hydrogen-bond donors (Lipinski definition) is 1. The number of nitrogens with zero attached hydrogens (tertiary/aromatic N) is 2. The summed E-state index contributed by atoms with van der Waals surface area (Å²) in [7, 11) is -4.23. The minimum absolute atomic E-state index is 0.00116. The van der Waals surface area contributed by atoms with Crippen LogP contribution < -0.4 is 9.34 Å². The number of likely N-dealkylation sites (tertiary alicyclic amines) is 1. The number of ether oxygens (including phenoxy) is 3. The first-order chi connectivity index (χ1) is 24.4. The van der Waals surface area contributed by atoms with Gasteiger partial charge in [0.05, 0.1) is 24.3 Å². The molecule has 1 aromatic heterocycles. The highest BCUT2D eigenvalue weighted by Crippen LogP contribution is 2.49. The molecule has 51 heavy (non-hydrogen) atoms. The number of rotatable bonds is 16. The Morgan fingerprint density at radius 3 is 2.53 bits per heavy atom. The number of H-pyrrole nitrogens is 1. The number of esters is 2. The fourth-order valence-corrected chi connectivity index (χ4v) is 8.18. The van der Waals surface area contributed by atoms with Crippen LogP contribution in [0.15, 0.2) is 81.8 Å². The number of nitrogens with one attached hydrogen (secondary N) is 1. The molecule has 0 bridgehead atoms. The Labute approximate surface area is 304 Å². The molecule has 1 aliphatic carbocycles. The third kappa shape index (κ3) is 10.7. The van der Waals surface area contributed by atoms with E-state index in [4.69, 9.17) is 25.8 Å². The summed E-state index contributed by atoms with van der Waals surface area (Å²) in [6.07, 6.45) is 6.80. The average molecular weight is 745 g/mol. The molecule has 1 aliphatic heterocycles. The molecule has 2 fully saturated rings. The minimum atomic E-state index is -4.23. The summed E-state index contributed by atoms with van der Waals surface area (Å²) in [4.78, 5) is 38.7. The van der Waals surface area contributed by atoms with Gasteiger partial charge in [0.25, 0.3) is 9.84 Å². The van der Waals surface area contributed by atoms with Gasteiger partial charge in [-0.3, -0.25) is 14.5 Å². The largest absolute Gasteiger partial charge is 0.465 e. The number of aromatic amines is 1. The van der Waals surface area contributed by atoms with Crippen LogP contribution in [0.5, 0.6) is 5.88 Å². The van der Waals surface area contributed by atoms with E-state index >= 15 is 0 Å². The zero-order chi connectivity index (χ0) is 37.0. The van der Waals surface area contributed by atoms with Crippen LogP contribution in [0.2, 0.25) is 0 Å². The van der Waals surface area contributed by atoms with Gasteiger partial charge in [-0.25, -0.2) is 8.42 Å². The third-order valence-electron chi connectivity index (χ3n) is 9.71. The fraction of sp³-hybridized carbons (Fsp3) is 0.514. The number of carbonyl (C=O) groups excluding carboxylic acids is 2. The first-order valence-electron chi connectivity index (χ1n) is 17.0. The number of allylic oxidation sites excluding steroid dienone is 2. The normalized spacial score (nSPS) is 22.2. The van der Waals surface area contributed by atoms with Crippen molar-refractivity contribution in [1.82, 2.24) is 10.1 Å². The quantitative estimate of drug-likeness (QED) is 0.104. The minimum Gasteiger partial charge on any atom is -0.465 e. The summed E-state index contributed by atoms with van der Waals surface area (Å²) < 4.78 is 45.8. The smallest absolute Gasteiger partial charge is 0.404 e. The second-order valence-corrected chi connectivity index (χ2v) is 15.4. The highest BCUT2D eigenvalue weighted by Gasteiger charge is 2.40. The van der Waals surface area contributed by atoms with Crippen molar-refractivity contribution in [2.24, 2.45) is 23.2 Å². The molecular weight excluding hydrogens is 698 g/mol. The van der Waals surface area contributed by atoms with Gasteiger partial charge in [0.1, 0.15) is 0 Å². The molecule has 4 rings (SSSR count). The first kappa shape index (κ1) is 39.7. The summed E-state index contributed by atoms with van der Waals surface area (Å²) in [5.41, 5.74) is 2.28. The van der Waals surface area contributed by atoms with Crippen molar-refractivity contribution in [2.75, 3.05) is 45.3 Å². The van der Waals surface area contributed by atoms with Gasteiger partial charge in [-0.15, -0.1) is 18.2 Å². The number of alkyl halides is 1. The third-order valence-corrected chi connectivity index (χ3v) is 11.8. The van der Waals surface area contributed by atoms with E-state index < -0.39 is 32.7 Å². The van der Waals surface area contributed by atoms with Crippen LogP contribution in [0, 0.1) is 39.9 Å². The molecule has 1 N–H and O–H groups in total. The zero-order valence-electron chi connectivity index (χ0n) is 29.1. The lowest BCUT2D eigenvalue weighted by Crippen LogP contribution is -2.40. The van der Waals surface area contributed by atoms with Gasteiger partial charge in [0.15, 0.2) is 13.2 Å². The van der Waals surface area contributed by atoms with Gasteiger partial charge in [-0.05, 0) is 78.1 Å². The average Bonchev–Trinajstić information content (AvgIpc) is 3.52. The second kappa shape index (κ2) is 18.4. The van der Waals surface area contributed by atoms with Crippen LogP contribution in [-0.4, -0.2) is 75.7 Å². The SMILES string of the molecule is C=C[C@]1(C)CC[C@@H](C(=C)CN2CCCC(COC(=O)CCC(=O)OCC#CCOc3[nH]o[n+](=O)c3S(=O)(=O)c3ccccc3)C2)C[C@H]1C(=C)CCl. The lowest BCUT2D eigenvalue weighted by molar-refractivity contribution is -0.744. The molecule has 1 saturated carbocycles. The van der Waals surface area contributed by atoms with Gasteiger partial charge >= 0.3 is 22.8 Å². The molecular formula is C37H47ClN3O9S+. The van der Waals surface area contributed by atoms with Gasteiger partial charge in [-0.2, -0.15) is 0 Å². The van der Waals surface area contributed by atoms with Crippen LogP contribution in [-0.2, 0) is 28.9 Å². The molecule has 0 spiro atoms. The number of benzene rings is 1. The Morgan fingerprint density at radius 2 is 1.82 bits per heavy atom. The van der Waals surface area contributed by atoms with E-state index in [1.807, 2.05) is 0 Å². The van der Waals surface area contributed by atoms with Crippen LogP contribution in [0.4, 0.5) is 0 Å². The van der Waals surface area contributed by atoms with E-state index in [-0.39, 0.29) is 59.4 Å². The molecule has 1 unspecified atom stereocenters. The van der Waals surface area contributed by atoms with Gasteiger partial charge in [0, 0.05) is 24.9 Å². The maximum absolute atomic E-state index is 12.8. The summed E-state index contributed by atoms with van der Waals surface area (Å²) in [5, 5.41) is 1.36. The first-order valence-corrected chi connectivity index (χ1v) is 19.0. The van der Waals surface area contributed by atoms with Crippen molar-refractivity contribution in [2.45, 2.75) is 61.8 Å². The van der Waals surface area contributed by atoms with Crippen LogP contribution in [0.3, 0.4) is 0 Å². The fourth-order valence-electron chi connectivity index (χ4n) is 6.68. The Balaban J connectivity index is 1.12. The monoisotopic (exact) mass is 744 g/mol. The molecule has 4 atom stereocenters. The number of piperidine rings is 1. The Hall–Kier alpha value is -4.12. The van der Waals surface area contributed by atoms with Crippen molar-refractivity contribution in [3.05, 3.63) is 72.2 Å². The molecule has 0 amide bonds. The van der Waals surface area contributed by atoms with E-state index in [2.05, 4.69) is 59.3 Å². The van der Waals surface area contributed by atoms with Gasteiger partial charge < -0.3 is 14.2 Å². The van der Waals surface area contributed by atoms with E-state index in [0.717, 1.165) is 57.3 Å². The Kier molecular flexibility index (Phi) is 14.3. The van der Waals surface area contributed by atoms with Crippen molar-refractivity contribution < 1.29 is 41.4 Å². The predicted molar refractivity (Wildman–Crippen MR) is 190 cm³/mol. The standard InChI is InChI=1S/C37H47ClN3O9S/c1-5-37(4)18-17-30(22-32(37)27(2)23-38)28(3)24-40-19-11-12-29(25-40)26-49-34(43)16-15-33(42)47-20-9-10-21-48-35-36(41(44)50-39-35)51(45,46)31-13-7-6-8-14-31/h5-8,13-14,29-30,32,39H,1-3,11-12,15-26H2,4H3/q+1/t29?,30-,32+,37-/m1/s1. The van der Waals surface area contributed by atoms with Gasteiger partial charge in [0.2, 0.25) is 4.60 Å². The number of hydrogen-bond acceptors (Lipinski definition) is 10. The van der Waals surface area contributed by atoms with Gasteiger partial charge in [-0.1, -0.05) is 72.0 Å². The van der Waals surface area contributed by atoms with Crippen molar-refractivity contribution in [3.63, 3.8) is 0 Å². The Morgan fingerprint density at radius 1 is 1.12 bits per heavy atom. The van der Waals surface area contributed by atoms with Crippen molar-refractivity contribution in [3.8, 4) is 17.7 Å². The molecule has 1 saturated heterocycles. The maximum atomic E-state index is 12.8. The second-order valence-electron chi connectivity index (χ2n) is 13.3. The Bertz CT molecular complexity index is 1790. The van der Waals surface area contributed by atoms with E-state index in [1.165, 1.54) is 29.8 Å². The molecule has 14 heteroatoms. The number of carbonyl (C=O) groups is 2. The lowest BCUT2D eigenvalue weighted by atomic mass is 9.61. The number of halogens is 1.